The fourth-order valence-corrected chi connectivity index (χ4v) is 4.12. The number of allylic oxidation sites excluding steroid dienone is 1. The standard InChI is InChI=1S/C28H50N2/c1-28(25-23-27-30)24-21-19-17-15-13-11-9-7-5-3-2-4-6-8-10-12-14-16-18-20-22-26-29/h1-25H2. The first-order chi connectivity index (χ1) is 14.8. The molecule has 0 aromatic carbocycles. The van der Waals surface area contributed by atoms with Crippen LogP contribution in [0.1, 0.15) is 154 Å². The first-order valence-corrected chi connectivity index (χ1v) is 13.2. The lowest BCUT2D eigenvalue weighted by atomic mass is 10.0. The van der Waals surface area contributed by atoms with Gasteiger partial charge in [-0.3, -0.25) is 0 Å². The van der Waals surface area contributed by atoms with Crippen LogP contribution in [0.5, 0.6) is 0 Å². The summed E-state index contributed by atoms with van der Waals surface area (Å²) in [5.74, 6) is 0. The van der Waals surface area contributed by atoms with Gasteiger partial charge in [-0.05, 0) is 25.7 Å². The predicted molar refractivity (Wildman–Crippen MR) is 131 cm³/mol. The van der Waals surface area contributed by atoms with E-state index in [4.69, 9.17) is 10.5 Å². The van der Waals surface area contributed by atoms with E-state index < -0.39 is 0 Å². The van der Waals surface area contributed by atoms with Crippen molar-refractivity contribution in [3.63, 3.8) is 0 Å². The average Bonchev–Trinajstić information content (AvgIpc) is 2.75. The molecular weight excluding hydrogens is 364 g/mol. The molecule has 0 unspecified atom stereocenters. The van der Waals surface area contributed by atoms with Gasteiger partial charge in [-0.1, -0.05) is 128 Å². The Morgan fingerprint density at radius 1 is 0.400 bits per heavy atom. The van der Waals surface area contributed by atoms with Crippen molar-refractivity contribution in [3.05, 3.63) is 12.2 Å². The third-order valence-corrected chi connectivity index (χ3v) is 6.16. The minimum Gasteiger partial charge on any atom is -0.198 e. The van der Waals surface area contributed by atoms with Gasteiger partial charge in [0.1, 0.15) is 0 Å². The molecule has 2 heteroatoms. The Labute approximate surface area is 189 Å². The van der Waals surface area contributed by atoms with Crippen LogP contribution in [-0.4, -0.2) is 0 Å². The summed E-state index contributed by atoms with van der Waals surface area (Å²) < 4.78 is 0. The summed E-state index contributed by atoms with van der Waals surface area (Å²) in [5, 5.41) is 17.1. The summed E-state index contributed by atoms with van der Waals surface area (Å²) in [6, 6.07) is 4.42. The Kier molecular flexibility index (Phi) is 24.7. The fraction of sp³-hybridized carbons (Fsp3) is 0.857. The number of unbranched alkanes of at least 4 members (excludes halogenated alkanes) is 20. The van der Waals surface area contributed by atoms with Crippen molar-refractivity contribution in [2.75, 3.05) is 0 Å². The van der Waals surface area contributed by atoms with Crippen LogP contribution in [0.2, 0.25) is 0 Å². The van der Waals surface area contributed by atoms with Crippen molar-refractivity contribution in [1.29, 1.82) is 10.5 Å². The highest BCUT2D eigenvalue weighted by atomic mass is 14.2. The molecule has 0 N–H and O–H groups in total. The highest BCUT2D eigenvalue weighted by molar-refractivity contribution is 4.96. The van der Waals surface area contributed by atoms with E-state index in [2.05, 4.69) is 18.7 Å². The van der Waals surface area contributed by atoms with Gasteiger partial charge in [0.2, 0.25) is 0 Å². The minimum absolute atomic E-state index is 0.630. The normalized spacial score (nSPS) is 10.6. The summed E-state index contributed by atoms with van der Waals surface area (Å²) in [5.41, 5.74) is 1.26. The molecule has 0 bridgehead atoms. The summed E-state index contributed by atoms with van der Waals surface area (Å²) in [6.45, 7) is 4.06. The Bertz CT molecular complexity index is 441. The zero-order valence-electron chi connectivity index (χ0n) is 20.1. The van der Waals surface area contributed by atoms with Crippen molar-refractivity contribution in [1.82, 2.24) is 0 Å². The van der Waals surface area contributed by atoms with Crippen LogP contribution in [0.25, 0.3) is 0 Å². The lowest BCUT2D eigenvalue weighted by Gasteiger charge is -2.05. The topological polar surface area (TPSA) is 47.6 Å². The molecule has 0 amide bonds. The Balaban J connectivity index is 3.06. The Morgan fingerprint density at radius 2 is 0.700 bits per heavy atom. The highest BCUT2D eigenvalue weighted by Gasteiger charge is 1.97. The van der Waals surface area contributed by atoms with Crippen molar-refractivity contribution < 1.29 is 0 Å². The molecule has 0 spiro atoms. The smallest absolute Gasteiger partial charge is 0.0625 e. The van der Waals surface area contributed by atoms with E-state index >= 15 is 0 Å². The molecule has 172 valence electrons. The maximum atomic E-state index is 8.57. The Morgan fingerprint density at radius 3 is 1.03 bits per heavy atom. The van der Waals surface area contributed by atoms with Gasteiger partial charge in [0.05, 0.1) is 12.1 Å². The molecule has 0 aliphatic carbocycles. The van der Waals surface area contributed by atoms with Crippen LogP contribution in [0.15, 0.2) is 12.2 Å². The van der Waals surface area contributed by atoms with E-state index in [-0.39, 0.29) is 0 Å². The molecule has 0 saturated heterocycles. The van der Waals surface area contributed by atoms with Gasteiger partial charge >= 0.3 is 0 Å². The summed E-state index contributed by atoms with van der Waals surface area (Å²) >= 11 is 0. The van der Waals surface area contributed by atoms with Crippen LogP contribution in [0.4, 0.5) is 0 Å². The average molecular weight is 415 g/mol. The zero-order valence-corrected chi connectivity index (χ0v) is 20.1. The van der Waals surface area contributed by atoms with Crippen molar-refractivity contribution >= 4 is 0 Å². The van der Waals surface area contributed by atoms with Gasteiger partial charge < -0.3 is 0 Å². The van der Waals surface area contributed by atoms with Crippen molar-refractivity contribution in [3.8, 4) is 12.1 Å². The third kappa shape index (κ3) is 24.8. The van der Waals surface area contributed by atoms with Crippen LogP contribution >= 0.6 is 0 Å². The number of rotatable bonds is 24. The van der Waals surface area contributed by atoms with Gasteiger partial charge in [0, 0.05) is 12.8 Å². The van der Waals surface area contributed by atoms with E-state index in [1.165, 1.54) is 128 Å². The van der Waals surface area contributed by atoms with Crippen LogP contribution in [0, 0.1) is 22.7 Å². The summed E-state index contributed by atoms with van der Waals surface area (Å²) in [4.78, 5) is 0. The molecule has 0 heterocycles. The van der Waals surface area contributed by atoms with E-state index in [0.29, 0.717) is 6.42 Å². The van der Waals surface area contributed by atoms with Crippen LogP contribution in [-0.2, 0) is 0 Å². The van der Waals surface area contributed by atoms with Gasteiger partial charge in [-0.15, -0.1) is 0 Å². The van der Waals surface area contributed by atoms with Gasteiger partial charge in [-0.25, -0.2) is 0 Å². The maximum Gasteiger partial charge on any atom is 0.0625 e. The van der Waals surface area contributed by atoms with E-state index in [1.807, 2.05) is 0 Å². The molecule has 0 rings (SSSR count). The molecule has 0 aliphatic heterocycles. The summed E-state index contributed by atoms with van der Waals surface area (Å²) in [6.07, 6.45) is 30.9. The molecule has 2 nitrogen and oxygen atoms in total. The second kappa shape index (κ2) is 25.8. The molecule has 0 saturated carbocycles. The molecule has 0 fully saturated rings. The third-order valence-electron chi connectivity index (χ3n) is 6.16. The Hall–Kier alpha value is -1.28. The molecule has 0 aromatic heterocycles. The number of hydrogen-bond acceptors (Lipinski definition) is 2. The first-order valence-electron chi connectivity index (χ1n) is 13.2. The second-order valence-corrected chi connectivity index (χ2v) is 9.14. The molecule has 0 radical (unpaired) electrons. The number of nitriles is 2. The molecule has 30 heavy (non-hydrogen) atoms. The van der Waals surface area contributed by atoms with Crippen LogP contribution < -0.4 is 0 Å². The molecule has 0 aromatic rings. The number of nitrogens with zero attached hydrogens (tertiary/aromatic N) is 2. The van der Waals surface area contributed by atoms with Gasteiger partial charge in [0.25, 0.3) is 0 Å². The minimum atomic E-state index is 0.630. The lowest BCUT2D eigenvalue weighted by molar-refractivity contribution is 0.521. The van der Waals surface area contributed by atoms with Gasteiger partial charge in [-0.2, -0.15) is 10.5 Å². The lowest BCUT2D eigenvalue weighted by Crippen LogP contribution is -1.85. The van der Waals surface area contributed by atoms with Crippen molar-refractivity contribution in [2.24, 2.45) is 0 Å². The molecule has 0 aliphatic rings. The predicted octanol–water partition coefficient (Wildman–Crippen LogP) is 9.95. The SMILES string of the molecule is C=C(CCC#N)CCCCCCCCCCCCCCCCCCCCCCC#N. The van der Waals surface area contributed by atoms with Crippen LogP contribution in [0.3, 0.4) is 0 Å². The molecular formula is C28H50N2. The first kappa shape index (κ1) is 28.7. The maximum absolute atomic E-state index is 8.57. The van der Waals surface area contributed by atoms with Crippen molar-refractivity contribution in [2.45, 2.75) is 154 Å². The largest absolute Gasteiger partial charge is 0.198 e. The summed E-state index contributed by atoms with van der Waals surface area (Å²) in [7, 11) is 0. The zero-order chi connectivity index (χ0) is 22.0. The number of hydrogen-bond donors (Lipinski definition) is 0. The second-order valence-electron chi connectivity index (χ2n) is 9.14. The van der Waals surface area contributed by atoms with Gasteiger partial charge in [0.15, 0.2) is 0 Å². The van der Waals surface area contributed by atoms with E-state index in [0.717, 1.165) is 25.7 Å². The monoisotopic (exact) mass is 414 g/mol. The fourth-order valence-electron chi connectivity index (χ4n) is 4.12. The molecule has 0 atom stereocenters. The highest BCUT2D eigenvalue weighted by Crippen LogP contribution is 2.16. The van der Waals surface area contributed by atoms with E-state index in [1.54, 1.807) is 0 Å². The van der Waals surface area contributed by atoms with E-state index in [9.17, 15) is 0 Å². The quantitative estimate of drug-likeness (QED) is 0.116.